The number of benzene rings is 2. The lowest BCUT2D eigenvalue weighted by Crippen LogP contribution is -2.30. The molecule has 0 saturated heterocycles. The number of amides is 1. The molecule has 1 aliphatic carbocycles. The molecule has 0 spiro atoms. The summed E-state index contributed by atoms with van der Waals surface area (Å²) in [5, 5.41) is 26.3. The monoisotopic (exact) mass is 553 g/mol. The largest absolute Gasteiger partial charge is 0.491 e. The molecule has 0 bridgehead atoms. The molecule has 11 nitrogen and oxygen atoms in total. The van der Waals surface area contributed by atoms with Gasteiger partial charge in [-0.05, 0) is 37.5 Å². The summed E-state index contributed by atoms with van der Waals surface area (Å²) in [7, 11) is 0. The molecule has 1 aliphatic rings. The molecule has 0 aliphatic heterocycles. The van der Waals surface area contributed by atoms with Gasteiger partial charge in [-0.1, -0.05) is 24.3 Å². The van der Waals surface area contributed by atoms with E-state index in [0.717, 1.165) is 19.3 Å². The topological polar surface area (TPSA) is 189 Å². The predicted octanol–water partition coefficient (Wildman–Crippen LogP) is 2.54. The first-order chi connectivity index (χ1) is 18.3. The summed E-state index contributed by atoms with van der Waals surface area (Å²) in [6.45, 7) is 0.222. The second-order valence-corrected chi connectivity index (χ2v) is 8.22. The normalized spacial score (nSPS) is 12.7. The van der Waals surface area contributed by atoms with Crippen molar-refractivity contribution >= 4 is 29.5 Å². The maximum absolute atomic E-state index is 12.6. The number of nitrogens with one attached hydrogen (secondary N) is 2. The number of aliphatic carboxylic acids is 2. The number of amidine groups is 1. The molecular weight excluding hydrogens is 527 g/mol. The number of Topliss-reactive ketones (excluding diaryl/α,β-unsaturated/α-hetero) is 1. The zero-order chi connectivity index (χ0) is 29.2. The van der Waals surface area contributed by atoms with E-state index in [-0.39, 0.29) is 43.2 Å². The highest BCUT2D eigenvalue weighted by Gasteiger charge is 2.38. The molecule has 1 saturated carbocycles. The molecule has 210 valence electrons. The number of hydrogen-bond donors (Lipinski definition) is 5. The van der Waals surface area contributed by atoms with Crippen molar-refractivity contribution < 1.29 is 52.0 Å². The Bertz CT molecular complexity index is 1230. The number of alkyl halides is 3. The van der Waals surface area contributed by atoms with Gasteiger partial charge in [0.1, 0.15) is 23.9 Å². The van der Waals surface area contributed by atoms with Crippen LogP contribution in [0.5, 0.6) is 11.5 Å². The van der Waals surface area contributed by atoms with Crippen molar-refractivity contribution in [3.05, 3.63) is 59.2 Å². The molecule has 39 heavy (non-hydrogen) atoms. The van der Waals surface area contributed by atoms with Crippen LogP contribution in [-0.2, 0) is 20.8 Å². The fourth-order valence-corrected chi connectivity index (χ4v) is 3.10. The molecule has 0 heterocycles. The maximum Gasteiger partial charge on any atom is 0.490 e. The van der Waals surface area contributed by atoms with E-state index in [0.29, 0.717) is 22.4 Å². The van der Waals surface area contributed by atoms with Crippen molar-refractivity contribution in [1.82, 2.24) is 5.32 Å². The molecule has 2 aromatic rings. The van der Waals surface area contributed by atoms with E-state index in [1.807, 2.05) is 6.07 Å². The van der Waals surface area contributed by atoms with Gasteiger partial charge < -0.3 is 30.7 Å². The van der Waals surface area contributed by atoms with Crippen molar-refractivity contribution in [3.8, 4) is 11.5 Å². The summed E-state index contributed by atoms with van der Waals surface area (Å²) in [4.78, 5) is 44.0. The molecule has 6 N–H and O–H groups in total. The second-order valence-electron chi connectivity index (χ2n) is 8.22. The summed E-state index contributed by atoms with van der Waals surface area (Å²) >= 11 is 0. The average molecular weight is 553 g/mol. The maximum atomic E-state index is 12.6. The van der Waals surface area contributed by atoms with Gasteiger partial charge in [-0.15, -0.1) is 0 Å². The first-order valence-electron chi connectivity index (χ1n) is 11.5. The summed E-state index contributed by atoms with van der Waals surface area (Å²) in [6, 6.07) is 11.5. The van der Waals surface area contributed by atoms with Crippen LogP contribution >= 0.6 is 0 Å². The van der Waals surface area contributed by atoms with E-state index in [1.54, 1.807) is 18.2 Å². The molecule has 14 heteroatoms. The average Bonchev–Trinajstić information content (AvgIpc) is 2.84. The van der Waals surface area contributed by atoms with Gasteiger partial charge in [-0.25, -0.2) is 9.59 Å². The van der Waals surface area contributed by atoms with Gasteiger partial charge in [-0.2, -0.15) is 13.2 Å². The number of carboxylic acid groups (broad SMARTS) is 2. The molecule has 1 fully saturated rings. The van der Waals surface area contributed by atoms with Gasteiger partial charge >= 0.3 is 18.1 Å². The number of ether oxygens (including phenoxy) is 2. The molecule has 0 radical (unpaired) electrons. The number of carboxylic acids is 2. The Morgan fingerprint density at radius 1 is 1.05 bits per heavy atom. The van der Waals surface area contributed by atoms with Crippen LogP contribution < -0.4 is 20.5 Å². The van der Waals surface area contributed by atoms with Crippen LogP contribution in [0, 0.1) is 5.41 Å². The number of nitrogens with two attached hydrogens (primary N) is 1. The standard InChI is InChI=1S/C23H25N3O6.C2HF3O2/c24-21(25)15-9-8-14(12-18(27)23(29)30)20(13-15)31-11-10-26-22(28)17-6-1-2-7-19(17)32-16-4-3-5-16;3-2(4,5)1(6)7/h1-2,6-9,13,16H,3-5,10-12H2,(H3,24,25)(H,26,28)(H,29,30);(H,6,7). The van der Waals surface area contributed by atoms with Gasteiger partial charge in [0.25, 0.3) is 5.91 Å². The van der Waals surface area contributed by atoms with Gasteiger partial charge in [0.2, 0.25) is 5.78 Å². The zero-order valence-electron chi connectivity index (χ0n) is 20.4. The van der Waals surface area contributed by atoms with Crippen molar-refractivity contribution in [2.24, 2.45) is 5.73 Å². The highest BCUT2D eigenvalue weighted by molar-refractivity contribution is 6.33. The van der Waals surface area contributed by atoms with Gasteiger partial charge in [0.05, 0.1) is 18.2 Å². The molecule has 3 rings (SSSR count). The number of rotatable bonds is 11. The number of para-hydroxylation sites is 1. The lowest BCUT2D eigenvalue weighted by molar-refractivity contribution is -0.192. The SMILES string of the molecule is N=C(N)c1ccc(CC(=O)C(=O)O)c(OCCNC(=O)c2ccccc2OC2CCC2)c1.O=C(O)C(F)(F)F. The Morgan fingerprint density at radius 2 is 1.69 bits per heavy atom. The third-order valence-electron chi connectivity index (χ3n) is 5.33. The Morgan fingerprint density at radius 3 is 2.23 bits per heavy atom. The minimum Gasteiger partial charge on any atom is -0.491 e. The van der Waals surface area contributed by atoms with Gasteiger partial charge in [0, 0.05) is 17.5 Å². The van der Waals surface area contributed by atoms with Crippen molar-refractivity contribution in [1.29, 1.82) is 5.41 Å². The minimum atomic E-state index is -5.08. The van der Waals surface area contributed by atoms with E-state index in [9.17, 15) is 27.6 Å². The summed E-state index contributed by atoms with van der Waals surface area (Å²) in [5.74, 6) is -5.00. The van der Waals surface area contributed by atoms with Crippen LogP contribution in [0.25, 0.3) is 0 Å². The highest BCUT2D eigenvalue weighted by atomic mass is 19.4. The van der Waals surface area contributed by atoms with Crippen LogP contribution in [-0.4, -0.2) is 65.1 Å². The second kappa shape index (κ2) is 13.8. The van der Waals surface area contributed by atoms with E-state index in [1.165, 1.54) is 18.2 Å². The van der Waals surface area contributed by atoms with E-state index in [2.05, 4.69) is 5.32 Å². The molecule has 0 atom stereocenters. The van der Waals surface area contributed by atoms with Crippen molar-refractivity contribution in [3.63, 3.8) is 0 Å². The molecular formula is C25H26F3N3O8. The number of nitrogen functional groups attached to an aromatic ring is 1. The summed E-state index contributed by atoms with van der Waals surface area (Å²) in [6.07, 6.45) is -2.21. The molecule has 0 aromatic heterocycles. The Hall–Kier alpha value is -4.62. The van der Waals surface area contributed by atoms with Crippen molar-refractivity contribution in [2.45, 2.75) is 38.0 Å². The zero-order valence-corrected chi connectivity index (χ0v) is 20.4. The van der Waals surface area contributed by atoms with Crippen LogP contribution in [0.2, 0.25) is 0 Å². The number of carbonyl (C=O) groups excluding carboxylic acids is 2. The number of halogens is 3. The lowest BCUT2D eigenvalue weighted by Gasteiger charge is -2.27. The van der Waals surface area contributed by atoms with Crippen molar-refractivity contribution in [2.75, 3.05) is 13.2 Å². The molecule has 2 aromatic carbocycles. The highest BCUT2D eigenvalue weighted by Crippen LogP contribution is 2.27. The fraction of sp³-hybridized carbons (Fsp3) is 0.320. The van der Waals surface area contributed by atoms with E-state index < -0.39 is 23.9 Å². The summed E-state index contributed by atoms with van der Waals surface area (Å²) < 4.78 is 43.3. The molecule has 1 amide bonds. The smallest absolute Gasteiger partial charge is 0.490 e. The Kier molecular flexibility index (Phi) is 10.8. The van der Waals surface area contributed by atoms with Gasteiger partial charge in [-0.3, -0.25) is 15.0 Å². The first-order valence-corrected chi connectivity index (χ1v) is 11.5. The first kappa shape index (κ1) is 30.6. The third kappa shape index (κ3) is 9.64. The van der Waals surface area contributed by atoms with Crippen LogP contribution in [0.1, 0.15) is 40.7 Å². The Balaban J connectivity index is 0.000000673. The summed E-state index contributed by atoms with van der Waals surface area (Å²) in [5.41, 5.74) is 6.66. The quantitative estimate of drug-likeness (QED) is 0.120. The fourth-order valence-electron chi connectivity index (χ4n) is 3.10. The van der Waals surface area contributed by atoms with Crippen LogP contribution in [0.3, 0.4) is 0 Å². The lowest BCUT2D eigenvalue weighted by atomic mass is 9.96. The Labute approximate surface area is 220 Å². The number of carbonyl (C=O) groups is 4. The third-order valence-corrected chi connectivity index (χ3v) is 5.33. The van der Waals surface area contributed by atoms with Crippen LogP contribution in [0.15, 0.2) is 42.5 Å². The molecule has 0 unspecified atom stereocenters. The van der Waals surface area contributed by atoms with E-state index in [4.69, 9.17) is 35.6 Å². The predicted molar refractivity (Wildman–Crippen MR) is 130 cm³/mol. The van der Waals surface area contributed by atoms with E-state index >= 15 is 0 Å². The number of hydrogen-bond acceptors (Lipinski definition) is 7. The van der Waals surface area contributed by atoms with Crippen LogP contribution in [0.4, 0.5) is 13.2 Å². The minimum absolute atomic E-state index is 0.0625. The number of ketones is 1. The van der Waals surface area contributed by atoms with Gasteiger partial charge in [0.15, 0.2) is 0 Å².